The number of rotatable bonds is 1. The summed E-state index contributed by atoms with van der Waals surface area (Å²) in [5, 5.41) is 0. The van der Waals surface area contributed by atoms with Crippen LogP contribution in [0.1, 0.15) is 0 Å². The first-order chi connectivity index (χ1) is 3.93. The van der Waals surface area contributed by atoms with Crippen molar-refractivity contribution in [3.05, 3.63) is 31.6 Å². The Hall–Kier alpha value is -1.05. The summed E-state index contributed by atoms with van der Waals surface area (Å²) in [6.07, 6.45) is 3.37. The van der Waals surface area contributed by atoms with Crippen LogP contribution in [-0.4, -0.2) is 9.72 Å². The van der Waals surface area contributed by atoms with Crippen LogP contribution in [0.4, 0.5) is 0 Å². The van der Waals surface area contributed by atoms with Crippen LogP contribution < -0.4 is 0 Å². The van der Waals surface area contributed by atoms with Crippen LogP contribution in [0.3, 0.4) is 0 Å². The number of aromatic hydroxyl groups is 1. The normalized spacial score (nSPS) is 8.62. The van der Waals surface area contributed by atoms with Gasteiger partial charge in [-0.1, -0.05) is 0 Å². The molecule has 0 bridgehead atoms. The molecule has 0 aliphatic rings. The summed E-state index contributed by atoms with van der Waals surface area (Å²) in [6, 6.07) is 3.60. The van der Waals surface area contributed by atoms with E-state index in [4.69, 9.17) is 0 Å². The standard InChI is InChI=1S/C6H7NO/c1-8-6-2-4-7-5-3-6/h2-5,8H,1H2. The predicted octanol–water partition coefficient (Wildman–Crippen LogP) is 1.11. The first-order valence-electron chi connectivity index (χ1n) is 2.30. The van der Waals surface area contributed by atoms with Crippen LogP contribution in [-0.2, 0) is 0 Å². The molecule has 0 aliphatic heterocycles. The third-order valence-corrected chi connectivity index (χ3v) is 0.845. The Morgan fingerprint density at radius 3 is 2.38 bits per heavy atom. The lowest BCUT2D eigenvalue weighted by atomic mass is 10.5. The number of hydrogen-bond donors (Lipinski definition) is 0. The van der Waals surface area contributed by atoms with Gasteiger partial charge in [0.15, 0.2) is 0 Å². The van der Waals surface area contributed by atoms with Gasteiger partial charge in [-0.2, -0.15) is 0 Å². The number of pyridine rings is 1. The maximum Gasteiger partial charge on any atom is 0.228 e. The van der Waals surface area contributed by atoms with Crippen molar-refractivity contribution in [3.63, 3.8) is 0 Å². The molecule has 8 heavy (non-hydrogen) atoms. The maximum absolute atomic E-state index is 3.81. The Morgan fingerprint density at radius 1 is 1.38 bits per heavy atom. The highest BCUT2D eigenvalue weighted by Gasteiger charge is 1.83. The second-order valence-electron chi connectivity index (χ2n) is 1.36. The van der Waals surface area contributed by atoms with Crippen LogP contribution in [0.2, 0.25) is 0 Å². The molecule has 0 radical (unpaired) electrons. The highest BCUT2D eigenvalue weighted by atomic mass is 16.5. The van der Waals surface area contributed by atoms with Crippen molar-refractivity contribution in [2.45, 2.75) is 0 Å². The van der Waals surface area contributed by atoms with Crippen LogP contribution in [0.15, 0.2) is 24.5 Å². The fourth-order valence-corrected chi connectivity index (χ4v) is 0.449. The van der Waals surface area contributed by atoms with Crippen molar-refractivity contribution in [1.29, 1.82) is 0 Å². The van der Waals surface area contributed by atoms with E-state index in [9.17, 15) is 0 Å². The second-order valence-corrected chi connectivity index (χ2v) is 1.36. The Labute approximate surface area is 48.1 Å². The zero-order chi connectivity index (χ0) is 5.82. The number of nitrogens with zero attached hydrogens (tertiary/aromatic N) is 1. The third kappa shape index (κ3) is 0.964. The Kier molecular flexibility index (Phi) is 1.47. The van der Waals surface area contributed by atoms with Gasteiger partial charge in [0.05, 0.1) is 0 Å². The molecule has 0 saturated heterocycles. The van der Waals surface area contributed by atoms with Crippen LogP contribution in [0.5, 0.6) is 5.75 Å². The van der Waals surface area contributed by atoms with Crippen molar-refractivity contribution in [2.24, 2.45) is 0 Å². The van der Waals surface area contributed by atoms with Crippen molar-refractivity contribution in [2.75, 3.05) is 0 Å². The van der Waals surface area contributed by atoms with E-state index in [1.54, 1.807) is 24.5 Å². The Bertz CT molecular complexity index is 150. The van der Waals surface area contributed by atoms with Gasteiger partial charge in [-0.15, -0.1) is 0 Å². The molecular weight excluding hydrogens is 102 g/mol. The molecular formula is C6H7NO. The van der Waals surface area contributed by atoms with Gasteiger partial charge in [0.2, 0.25) is 5.75 Å². The van der Waals surface area contributed by atoms with E-state index in [-0.39, 0.29) is 0 Å². The van der Waals surface area contributed by atoms with Crippen molar-refractivity contribution in [3.8, 4) is 5.75 Å². The Balaban J connectivity index is 2.83. The summed E-state index contributed by atoms with van der Waals surface area (Å²) in [4.78, 5) is 3.81. The molecule has 2 nitrogen and oxygen atoms in total. The monoisotopic (exact) mass is 109 g/mol. The van der Waals surface area contributed by atoms with Crippen molar-refractivity contribution >= 4 is 0 Å². The lowest BCUT2D eigenvalue weighted by Crippen LogP contribution is -1.73. The van der Waals surface area contributed by atoms with Gasteiger partial charge < -0.3 is 4.74 Å². The molecule has 0 amide bonds. The number of ether oxygens (including phenoxy) is 1. The van der Waals surface area contributed by atoms with E-state index in [2.05, 4.69) is 16.8 Å². The molecule has 0 spiro atoms. The van der Waals surface area contributed by atoms with Crippen LogP contribution in [0.25, 0.3) is 0 Å². The molecule has 0 fully saturated rings. The fourth-order valence-electron chi connectivity index (χ4n) is 0.449. The molecule has 1 heterocycles. The van der Waals surface area contributed by atoms with Gasteiger partial charge in [-0.05, 0) is 7.11 Å². The molecule has 1 rings (SSSR count). The summed E-state index contributed by atoms with van der Waals surface area (Å²) in [7, 11) is 3.35. The average Bonchev–Trinajstić information content (AvgIpc) is 1.90. The first kappa shape index (κ1) is 5.09. The Morgan fingerprint density at radius 2 is 2.00 bits per heavy atom. The minimum absolute atomic E-state index is 0.861. The van der Waals surface area contributed by atoms with Gasteiger partial charge in [0.1, 0.15) is 0 Å². The largest absolute Gasteiger partial charge is 0.722 e. The van der Waals surface area contributed by atoms with E-state index < -0.39 is 0 Å². The smallest absolute Gasteiger partial charge is 0.228 e. The molecule has 0 aliphatic carbocycles. The molecule has 1 aromatic heterocycles. The number of aromatic nitrogens is 1. The van der Waals surface area contributed by atoms with E-state index in [1.807, 2.05) is 0 Å². The summed E-state index contributed by atoms with van der Waals surface area (Å²) in [6.45, 7) is 0. The summed E-state index contributed by atoms with van der Waals surface area (Å²) < 4.78 is 3.68. The molecule has 1 N–H and O–H groups in total. The number of hydrogen-bond acceptors (Lipinski definition) is 1. The van der Waals surface area contributed by atoms with Gasteiger partial charge >= 0.3 is 0 Å². The highest BCUT2D eigenvalue weighted by molar-refractivity contribution is 5.15. The number of aliphatic hydroxyl groups is 1. The lowest BCUT2D eigenvalue weighted by Gasteiger charge is -1.99. The van der Waals surface area contributed by atoms with Gasteiger partial charge in [-0.3, -0.25) is 4.98 Å². The fraction of sp³-hybridized carbons (Fsp3) is 0. The maximum atomic E-state index is 3.81. The second kappa shape index (κ2) is 2.31. The molecule has 0 aromatic carbocycles. The van der Waals surface area contributed by atoms with E-state index in [0.717, 1.165) is 5.75 Å². The summed E-state index contributed by atoms with van der Waals surface area (Å²) in [5.74, 6) is 0.861. The van der Waals surface area contributed by atoms with Gasteiger partial charge in [0, 0.05) is 24.5 Å². The quantitative estimate of drug-likeness (QED) is 0.392. The van der Waals surface area contributed by atoms with Crippen LogP contribution >= 0.6 is 0 Å². The summed E-state index contributed by atoms with van der Waals surface area (Å²) >= 11 is 0. The van der Waals surface area contributed by atoms with Gasteiger partial charge in [-0.25, -0.2) is 0 Å². The van der Waals surface area contributed by atoms with Crippen LogP contribution in [0, 0.1) is 7.11 Å². The van der Waals surface area contributed by atoms with Crippen molar-refractivity contribution < 1.29 is 4.74 Å². The zero-order valence-corrected chi connectivity index (χ0v) is 4.41. The minimum atomic E-state index is 0.861. The summed E-state index contributed by atoms with van der Waals surface area (Å²) in [5.41, 5.74) is 0. The molecule has 1 aromatic rings. The third-order valence-electron chi connectivity index (χ3n) is 0.845. The molecule has 42 valence electrons. The zero-order valence-electron chi connectivity index (χ0n) is 4.41. The topological polar surface area (TPSA) is 25.7 Å². The van der Waals surface area contributed by atoms with E-state index in [0.29, 0.717) is 0 Å². The predicted molar refractivity (Wildman–Crippen MR) is 31.3 cm³/mol. The SMILES string of the molecule is [CH2-][OH+]c1ccncc1. The first-order valence-corrected chi connectivity index (χ1v) is 2.30. The highest BCUT2D eigenvalue weighted by Crippen LogP contribution is 2.05. The molecule has 2 heteroatoms. The van der Waals surface area contributed by atoms with Gasteiger partial charge in [0.25, 0.3) is 0 Å². The molecule has 0 unspecified atom stereocenters. The lowest BCUT2D eigenvalue weighted by molar-refractivity contribution is 0.185. The molecule has 0 atom stereocenters. The van der Waals surface area contributed by atoms with Crippen molar-refractivity contribution in [1.82, 2.24) is 4.98 Å². The minimum Gasteiger partial charge on any atom is -0.722 e. The van der Waals surface area contributed by atoms with E-state index >= 15 is 0 Å². The molecule has 0 saturated carbocycles. The average molecular weight is 109 g/mol. The van der Waals surface area contributed by atoms with E-state index in [1.165, 1.54) is 0 Å².